The van der Waals surface area contributed by atoms with Gasteiger partial charge in [-0.15, -0.1) is 5.10 Å². The number of halogens is 4. The monoisotopic (exact) mass is 683 g/mol. The summed E-state index contributed by atoms with van der Waals surface area (Å²) < 4.78 is 54.7. The van der Waals surface area contributed by atoms with Gasteiger partial charge in [0.25, 0.3) is 5.91 Å². The van der Waals surface area contributed by atoms with Crippen LogP contribution in [0, 0.1) is 24.4 Å². The van der Waals surface area contributed by atoms with E-state index in [9.17, 15) is 38.1 Å². The number of anilines is 1. The molecular formula is C28H29BrF3N5O7. The van der Waals surface area contributed by atoms with E-state index in [1.54, 1.807) is 12.1 Å². The van der Waals surface area contributed by atoms with Gasteiger partial charge in [-0.1, -0.05) is 21.1 Å². The molecule has 1 aromatic heterocycles. The van der Waals surface area contributed by atoms with Gasteiger partial charge in [0.05, 0.1) is 24.9 Å². The second-order valence-electron chi connectivity index (χ2n) is 10.7. The number of methoxy groups -OCH3 is 1. The molecule has 2 amide bonds. The zero-order chi connectivity index (χ0) is 31.9. The van der Waals surface area contributed by atoms with Crippen molar-refractivity contribution in [2.75, 3.05) is 31.7 Å². The summed E-state index contributed by atoms with van der Waals surface area (Å²) in [6, 6.07) is 4.55. The fourth-order valence-electron chi connectivity index (χ4n) is 5.73. The predicted molar refractivity (Wildman–Crippen MR) is 151 cm³/mol. The van der Waals surface area contributed by atoms with Crippen molar-refractivity contribution in [3.63, 3.8) is 0 Å². The summed E-state index contributed by atoms with van der Waals surface area (Å²) >= 11 is 3.43. The lowest BCUT2D eigenvalue weighted by Gasteiger charge is -2.45. The Morgan fingerprint density at radius 2 is 1.89 bits per heavy atom. The third-order valence-electron chi connectivity index (χ3n) is 7.79. The van der Waals surface area contributed by atoms with Crippen LogP contribution in [0.1, 0.15) is 11.6 Å². The third kappa shape index (κ3) is 5.97. The minimum atomic E-state index is -1.65. The van der Waals surface area contributed by atoms with Gasteiger partial charge in [0, 0.05) is 35.9 Å². The highest BCUT2D eigenvalue weighted by Gasteiger charge is 2.52. The number of ether oxygens (including phenoxy) is 2. The number of hydrogen-bond donors (Lipinski definition) is 3. The Labute approximate surface area is 257 Å². The molecule has 2 aromatic carbocycles. The number of rotatable bonds is 8. The minimum absolute atomic E-state index is 0.0129. The van der Waals surface area contributed by atoms with Crippen molar-refractivity contribution in [1.82, 2.24) is 19.9 Å². The number of aliphatic hydroxyl groups is 3. The van der Waals surface area contributed by atoms with Gasteiger partial charge < -0.3 is 34.6 Å². The molecule has 0 unspecified atom stereocenters. The summed E-state index contributed by atoms with van der Waals surface area (Å²) in [6.07, 6.45) is -4.90. The number of aryl methyl sites for hydroxylation is 1. The van der Waals surface area contributed by atoms with Crippen molar-refractivity contribution in [3.8, 4) is 11.3 Å². The molecule has 0 saturated carbocycles. The number of aromatic nitrogens is 3. The number of carbonyl (C=O) groups excluding carboxylic acids is 2. The average molecular weight is 684 g/mol. The molecular weight excluding hydrogens is 655 g/mol. The van der Waals surface area contributed by atoms with Crippen LogP contribution in [0.4, 0.5) is 18.9 Å². The zero-order valence-electron chi connectivity index (χ0n) is 23.4. The maximum atomic E-state index is 14.5. The summed E-state index contributed by atoms with van der Waals surface area (Å²) in [5, 5.41) is 40.1. The molecule has 44 heavy (non-hydrogen) atoms. The van der Waals surface area contributed by atoms with Crippen LogP contribution in [0.3, 0.4) is 0 Å². The van der Waals surface area contributed by atoms with Crippen LogP contribution >= 0.6 is 15.9 Å². The summed E-state index contributed by atoms with van der Waals surface area (Å²) in [6.45, 7) is 1.09. The molecule has 2 aliphatic heterocycles. The van der Waals surface area contributed by atoms with Crippen LogP contribution in [0.15, 0.2) is 41.0 Å². The van der Waals surface area contributed by atoms with Gasteiger partial charge >= 0.3 is 0 Å². The number of amides is 2. The topological polar surface area (TPSA) is 150 Å². The second kappa shape index (κ2) is 12.9. The Morgan fingerprint density at radius 3 is 2.48 bits per heavy atom. The van der Waals surface area contributed by atoms with E-state index < -0.39 is 72.6 Å². The van der Waals surface area contributed by atoms with E-state index in [2.05, 4.69) is 26.2 Å². The second-order valence-corrected chi connectivity index (χ2v) is 11.6. The number of carbonyl (C=O) groups is 2. The van der Waals surface area contributed by atoms with Crippen molar-refractivity contribution >= 4 is 33.9 Å². The van der Waals surface area contributed by atoms with Gasteiger partial charge in [0.15, 0.2) is 23.6 Å². The minimum Gasteiger partial charge on any atom is -0.394 e. The van der Waals surface area contributed by atoms with E-state index in [0.717, 1.165) is 22.4 Å². The lowest BCUT2D eigenvalue weighted by atomic mass is 9.91. The van der Waals surface area contributed by atoms with Gasteiger partial charge in [-0.05, 0) is 42.8 Å². The van der Waals surface area contributed by atoms with E-state index in [1.165, 1.54) is 23.1 Å². The lowest BCUT2D eigenvalue weighted by Crippen LogP contribution is -2.63. The summed E-state index contributed by atoms with van der Waals surface area (Å²) in [5.74, 6) is -5.23. The molecule has 0 radical (unpaired) electrons. The van der Waals surface area contributed by atoms with E-state index in [0.29, 0.717) is 16.6 Å². The van der Waals surface area contributed by atoms with Crippen LogP contribution in [0.2, 0.25) is 0 Å². The average Bonchev–Trinajstić information content (AvgIpc) is 3.62. The van der Waals surface area contributed by atoms with Crippen molar-refractivity contribution < 1.29 is 47.6 Å². The fraction of sp³-hybridized carbons (Fsp3) is 0.429. The number of nitrogens with zero attached hydrogens (tertiary/aromatic N) is 5. The molecule has 0 bridgehead atoms. The maximum absolute atomic E-state index is 14.5. The van der Waals surface area contributed by atoms with Crippen LogP contribution < -0.4 is 4.90 Å². The number of likely N-dealkylation sites (tertiary alicyclic amines) is 1. The van der Waals surface area contributed by atoms with Gasteiger partial charge in [-0.3, -0.25) is 9.59 Å². The summed E-state index contributed by atoms with van der Waals surface area (Å²) in [5.41, 5.74) is 0.948. The van der Waals surface area contributed by atoms with Gasteiger partial charge in [-0.2, -0.15) is 0 Å². The van der Waals surface area contributed by atoms with Crippen LogP contribution in [0.25, 0.3) is 11.3 Å². The number of β-amino-alcohol motifs (C(OH)–C–C–N with tert-alkyl or cyclic N) is 1. The molecule has 2 saturated heterocycles. The van der Waals surface area contributed by atoms with Crippen LogP contribution in [0.5, 0.6) is 0 Å². The largest absolute Gasteiger partial charge is 0.394 e. The van der Waals surface area contributed by atoms with Crippen molar-refractivity contribution in [3.05, 3.63) is 64.0 Å². The Balaban J connectivity index is 1.55. The summed E-state index contributed by atoms with van der Waals surface area (Å²) in [7, 11) is 1.27. The lowest BCUT2D eigenvalue weighted by molar-refractivity contribution is -0.211. The Kier molecular flexibility index (Phi) is 9.38. The fourth-order valence-corrected chi connectivity index (χ4v) is 6.33. The smallest absolute Gasteiger partial charge is 0.259 e. The molecule has 3 aromatic rings. The standard InChI is InChI=1S/C28H29BrF3N5O7/c1-13-3-15(29)7-16(4-13)37(20-9-35(12-39)10-21(20)40)28(42)27-26(43-2)24(25(41)22(11-38)44-27)36-8-19(33-34-36)14-5-17(30)23(32)18(31)6-14/h3-8,12,20-22,24-27,38,40-41H,9-11H2,1-2H3/t20-,21-,22+,24-,25-,26+,27+/m0/s1. The zero-order valence-corrected chi connectivity index (χ0v) is 25.0. The molecule has 5 rings (SSSR count). The quantitative estimate of drug-likeness (QED) is 0.236. The summed E-state index contributed by atoms with van der Waals surface area (Å²) in [4.78, 5) is 28.6. The molecule has 2 fully saturated rings. The first-order valence-corrected chi connectivity index (χ1v) is 14.3. The number of aliphatic hydroxyl groups excluding tert-OH is 3. The molecule has 3 heterocycles. The van der Waals surface area contributed by atoms with Gasteiger partial charge in [0.1, 0.15) is 30.0 Å². The van der Waals surface area contributed by atoms with E-state index in [4.69, 9.17) is 9.47 Å². The predicted octanol–water partition coefficient (Wildman–Crippen LogP) is 1.34. The Hall–Kier alpha value is -3.41. The molecule has 0 aliphatic carbocycles. The molecule has 0 spiro atoms. The van der Waals surface area contributed by atoms with Crippen molar-refractivity contribution in [2.45, 2.75) is 49.5 Å². The van der Waals surface area contributed by atoms with Crippen molar-refractivity contribution in [1.29, 1.82) is 0 Å². The molecule has 12 nitrogen and oxygen atoms in total. The molecule has 7 atom stereocenters. The van der Waals surface area contributed by atoms with Gasteiger partial charge in [0.2, 0.25) is 6.41 Å². The van der Waals surface area contributed by atoms with E-state index in [1.807, 2.05) is 13.0 Å². The molecule has 3 N–H and O–H groups in total. The number of hydrogen-bond acceptors (Lipinski definition) is 9. The normalized spacial score (nSPS) is 27.0. The highest BCUT2D eigenvalue weighted by atomic mass is 79.9. The van der Waals surface area contributed by atoms with Crippen LogP contribution in [-0.4, -0.2) is 111 Å². The molecule has 236 valence electrons. The molecule has 2 aliphatic rings. The number of benzene rings is 2. The Morgan fingerprint density at radius 1 is 1.18 bits per heavy atom. The van der Waals surface area contributed by atoms with Crippen LogP contribution in [-0.2, 0) is 19.1 Å². The maximum Gasteiger partial charge on any atom is 0.259 e. The first kappa shape index (κ1) is 32.0. The SMILES string of the molecule is CO[C@@H]1[C@@H](n2cc(-c3cc(F)c(F)c(F)c3)nn2)[C@@H](O)[C@@H](CO)O[C@H]1C(=O)N(c1cc(C)cc(Br)c1)[C@H]1CN(C=O)C[C@@H]1O. The molecule has 16 heteroatoms. The van der Waals surface area contributed by atoms with Gasteiger partial charge in [-0.25, -0.2) is 17.9 Å². The third-order valence-corrected chi connectivity index (χ3v) is 8.25. The highest BCUT2D eigenvalue weighted by molar-refractivity contribution is 9.10. The Bertz CT molecular complexity index is 1500. The first-order valence-electron chi connectivity index (χ1n) is 13.5. The first-order chi connectivity index (χ1) is 21.0. The van der Waals surface area contributed by atoms with E-state index >= 15 is 0 Å². The highest BCUT2D eigenvalue weighted by Crippen LogP contribution is 2.36. The van der Waals surface area contributed by atoms with Crippen molar-refractivity contribution in [2.24, 2.45) is 0 Å². The van der Waals surface area contributed by atoms with E-state index in [-0.39, 0.29) is 24.3 Å².